The first-order valence-electron chi connectivity index (χ1n) is 11.2. The molecule has 2 aromatic heterocycles. The number of nitrogens with two attached hydrogens (primary N) is 1. The molecule has 178 valence electrons. The number of aryl methyl sites for hydroxylation is 1. The lowest BCUT2D eigenvalue weighted by atomic mass is 10.1. The first-order chi connectivity index (χ1) is 16.5. The molecule has 0 radical (unpaired) electrons. The summed E-state index contributed by atoms with van der Waals surface area (Å²) in [6, 6.07) is 8.65. The van der Waals surface area contributed by atoms with Crippen LogP contribution in [0.5, 0.6) is 5.75 Å². The third kappa shape index (κ3) is 5.14. The zero-order chi connectivity index (χ0) is 23.5. The van der Waals surface area contributed by atoms with Crippen LogP contribution in [0.3, 0.4) is 0 Å². The number of aromatic nitrogens is 4. The van der Waals surface area contributed by atoms with Crippen molar-refractivity contribution >= 4 is 23.3 Å². The molecule has 11 heteroatoms. The predicted octanol–water partition coefficient (Wildman–Crippen LogP) is 1.89. The number of nitrogens with zero attached hydrogens (tertiary/aromatic N) is 5. The molecule has 2 aliphatic heterocycles. The summed E-state index contributed by atoms with van der Waals surface area (Å²) in [7, 11) is 0. The van der Waals surface area contributed by atoms with E-state index in [2.05, 4.69) is 25.5 Å². The number of likely N-dealkylation sites (tertiary alicyclic amines) is 1. The summed E-state index contributed by atoms with van der Waals surface area (Å²) in [6.45, 7) is 3.24. The number of benzene rings is 1. The number of anilines is 1. The number of nitrogens with one attached hydrogen (secondary N) is 1. The number of nitrogen functional groups attached to an aromatic ring is 1. The Morgan fingerprint density at radius 1 is 1.26 bits per heavy atom. The van der Waals surface area contributed by atoms with E-state index in [1.54, 1.807) is 29.1 Å². The number of amides is 1. The third-order valence-electron chi connectivity index (χ3n) is 5.99. The van der Waals surface area contributed by atoms with Crippen molar-refractivity contribution in [3.8, 4) is 5.75 Å². The van der Waals surface area contributed by atoms with E-state index in [0.29, 0.717) is 68.0 Å². The SMILES string of the molecule is Nc1ncccc1CN1C[C@@H]2NC(=O)c3ccc(Cl)c(c3)OCCCn3cc(nn3)CO[C@H]2C1. The summed E-state index contributed by atoms with van der Waals surface area (Å²) < 4.78 is 13.8. The van der Waals surface area contributed by atoms with Crippen LogP contribution < -0.4 is 15.8 Å². The average molecular weight is 484 g/mol. The van der Waals surface area contributed by atoms with Gasteiger partial charge in [-0.25, -0.2) is 4.98 Å². The van der Waals surface area contributed by atoms with Gasteiger partial charge in [-0.2, -0.15) is 0 Å². The Hall–Kier alpha value is -3.21. The molecule has 4 heterocycles. The van der Waals surface area contributed by atoms with E-state index in [0.717, 1.165) is 11.3 Å². The summed E-state index contributed by atoms with van der Waals surface area (Å²) in [5.74, 6) is 0.776. The van der Waals surface area contributed by atoms with Gasteiger partial charge < -0.3 is 20.5 Å². The van der Waals surface area contributed by atoms with Crippen LogP contribution in [0.25, 0.3) is 0 Å². The Kier molecular flexibility index (Phi) is 6.61. The standard InChI is InChI=1S/C23H26ClN7O3/c24-18-5-4-15-9-20(18)33-8-2-7-31-11-17(28-29-31)14-34-21-13-30(12-19(21)27-23(15)32)10-16-3-1-6-26-22(16)25/h1,3-6,9,11,19,21H,2,7-8,10,12-14H2,(H2,25,26)(H,27,32)/t19-,21-/m0/s1. The number of halogens is 1. The van der Waals surface area contributed by atoms with Crippen molar-refractivity contribution in [3.63, 3.8) is 0 Å². The fourth-order valence-electron chi connectivity index (χ4n) is 4.24. The molecule has 0 unspecified atom stereocenters. The minimum absolute atomic E-state index is 0.208. The molecule has 1 saturated heterocycles. The molecular formula is C23H26ClN7O3. The minimum atomic E-state index is -0.233. The van der Waals surface area contributed by atoms with Crippen LogP contribution in [0.4, 0.5) is 5.82 Å². The number of hydrogen-bond donors (Lipinski definition) is 2. The van der Waals surface area contributed by atoms with Crippen molar-refractivity contribution in [2.45, 2.75) is 38.3 Å². The van der Waals surface area contributed by atoms with E-state index >= 15 is 0 Å². The van der Waals surface area contributed by atoms with Crippen LogP contribution in [0.1, 0.15) is 28.0 Å². The summed E-state index contributed by atoms with van der Waals surface area (Å²) in [5, 5.41) is 12.0. The molecule has 4 bridgehead atoms. The third-order valence-corrected chi connectivity index (χ3v) is 6.30. The van der Waals surface area contributed by atoms with Gasteiger partial charge in [0, 0.05) is 49.9 Å². The first-order valence-corrected chi connectivity index (χ1v) is 11.6. The van der Waals surface area contributed by atoms with Crippen LogP contribution in [0.15, 0.2) is 42.7 Å². The first kappa shape index (κ1) is 22.6. The van der Waals surface area contributed by atoms with Crippen molar-refractivity contribution in [2.24, 2.45) is 0 Å². The van der Waals surface area contributed by atoms with Crippen molar-refractivity contribution in [3.05, 3.63) is 64.6 Å². The Bertz CT molecular complexity index is 1170. The van der Waals surface area contributed by atoms with Gasteiger partial charge in [-0.15, -0.1) is 5.10 Å². The summed E-state index contributed by atoms with van der Waals surface area (Å²) in [5.41, 5.74) is 8.20. The van der Waals surface area contributed by atoms with E-state index in [1.165, 1.54) is 0 Å². The van der Waals surface area contributed by atoms with E-state index < -0.39 is 0 Å². The van der Waals surface area contributed by atoms with Gasteiger partial charge in [0.25, 0.3) is 5.91 Å². The number of carbonyl (C=O) groups excluding carboxylic acids is 1. The molecular weight excluding hydrogens is 458 g/mol. The minimum Gasteiger partial charge on any atom is -0.492 e. The van der Waals surface area contributed by atoms with Crippen molar-refractivity contribution < 1.29 is 14.3 Å². The molecule has 3 aromatic rings. The Balaban J connectivity index is 1.38. The number of carbonyl (C=O) groups is 1. The number of pyridine rings is 1. The second-order valence-corrected chi connectivity index (χ2v) is 8.90. The highest BCUT2D eigenvalue weighted by Gasteiger charge is 2.35. The molecule has 5 rings (SSSR count). The normalized spacial score (nSPS) is 21.5. The smallest absolute Gasteiger partial charge is 0.251 e. The quantitative estimate of drug-likeness (QED) is 0.567. The molecule has 10 nitrogen and oxygen atoms in total. The van der Waals surface area contributed by atoms with E-state index in [4.69, 9.17) is 26.8 Å². The fraction of sp³-hybridized carbons (Fsp3) is 0.391. The summed E-state index contributed by atoms with van der Waals surface area (Å²) in [4.78, 5) is 19.5. The molecule has 0 spiro atoms. The molecule has 1 fully saturated rings. The van der Waals surface area contributed by atoms with Gasteiger partial charge >= 0.3 is 0 Å². The van der Waals surface area contributed by atoms with Gasteiger partial charge in [-0.05, 0) is 24.3 Å². The van der Waals surface area contributed by atoms with Crippen LogP contribution >= 0.6 is 11.6 Å². The van der Waals surface area contributed by atoms with Crippen molar-refractivity contribution in [2.75, 3.05) is 25.4 Å². The molecule has 2 aliphatic rings. The lowest BCUT2D eigenvalue weighted by Gasteiger charge is -2.20. The topological polar surface area (TPSA) is 120 Å². The van der Waals surface area contributed by atoms with E-state index in [1.807, 2.05) is 18.3 Å². The van der Waals surface area contributed by atoms with Crippen molar-refractivity contribution in [1.82, 2.24) is 30.2 Å². The maximum absolute atomic E-state index is 13.1. The molecule has 34 heavy (non-hydrogen) atoms. The van der Waals surface area contributed by atoms with E-state index in [-0.39, 0.29) is 18.1 Å². The number of hydrogen-bond acceptors (Lipinski definition) is 8. The monoisotopic (exact) mass is 483 g/mol. The number of fused-ring (bicyclic) bond motifs is 5. The van der Waals surface area contributed by atoms with Crippen LogP contribution in [-0.4, -0.2) is 62.6 Å². The second-order valence-electron chi connectivity index (χ2n) is 8.49. The molecule has 1 aromatic carbocycles. The lowest BCUT2D eigenvalue weighted by molar-refractivity contribution is 0.0293. The Morgan fingerprint density at radius 2 is 2.18 bits per heavy atom. The summed E-state index contributed by atoms with van der Waals surface area (Å²) >= 11 is 6.29. The van der Waals surface area contributed by atoms with Gasteiger partial charge in [-0.3, -0.25) is 14.4 Å². The number of rotatable bonds is 2. The highest BCUT2D eigenvalue weighted by atomic mass is 35.5. The van der Waals surface area contributed by atoms with Gasteiger partial charge in [0.15, 0.2) is 0 Å². The van der Waals surface area contributed by atoms with E-state index in [9.17, 15) is 4.79 Å². The average Bonchev–Trinajstić information content (AvgIpc) is 3.43. The maximum atomic E-state index is 13.1. The van der Waals surface area contributed by atoms with Crippen LogP contribution in [0.2, 0.25) is 5.02 Å². The number of ether oxygens (including phenoxy) is 2. The second kappa shape index (κ2) is 9.96. The predicted molar refractivity (Wildman–Crippen MR) is 125 cm³/mol. The maximum Gasteiger partial charge on any atom is 0.251 e. The van der Waals surface area contributed by atoms with Gasteiger partial charge in [0.1, 0.15) is 17.3 Å². The molecule has 1 amide bonds. The molecule has 0 saturated carbocycles. The van der Waals surface area contributed by atoms with Crippen LogP contribution in [-0.2, 0) is 24.4 Å². The largest absolute Gasteiger partial charge is 0.492 e. The zero-order valence-corrected chi connectivity index (χ0v) is 19.3. The highest BCUT2D eigenvalue weighted by Crippen LogP contribution is 2.26. The van der Waals surface area contributed by atoms with Gasteiger partial charge in [0.05, 0.1) is 36.6 Å². The van der Waals surface area contributed by atoms with Crippen LogP contribution in [0, 0.1) is 0 Å². The van der Waals surface area contributed by atoms with Gasteiger partial charge in [-0.1, -0.05) is 22.9 Å². The Morgan fingerprint density at radius 3 is 3.06 bits per heavy atom. The highest BCUT2D eigenvalue weighted by molar-refractivity contribution is 6.32. The molecule has 2 atom stereocenters. The lowest BCUT2D eigenvalue weighted by Crippen LogP contribution is -2.44. The Labute approximate surface area is 202 Å². The van der Waals surface area contributed by atoms with Crippen molar-refractivity contribution in [1.29, 1.82) is 0 Å². The zero-order valence-electron chi connectivity index (χ0n) is 18.6. The fourth-order valence-corrected chi connectivity index (χ4v) is 4.41. The molecule has 0 aliphatic carbocycles. The summed E-state index contributed by atoms with van der Waals surface area (Å²) in [6.07, 6.45) is 4.03. The molecule has 3 N–H and O–H groups in total. The van der Waals surface area contributed by atoms with Gasteiger partial charge in [0.2, 0.25) is 0 Å².